The molecule has 0 atom stereocenters. The summed E-state index contributed by atoms with van der Waals surface area (Å²) in [5.74, 6) is -4.12. The summed E-state index contributed by atoms with van der Waals surface area (Å²) >= 11 is 0. The predicted molar refractivity (Wildman–Crippen MR) is 257 cm³/mol. The van der Waals surface area contributed by atoms with Gasteiger partial charge < -0.3 is 48.6 Å². The van der Waals surface area contributed by atoms with Crippen LogP contribution < -0.4 is 39.9 Å². The molecule has 0 aromatic heterocycles. The molecule has 4 aliphatic rings. The number of carbonyl (C=O) groups is 4. The minimum Gasteiger partial charge on any atom is -0.545 e. The van der Waals surface area contributed by atoms with E-state index in [0.717, 1.165) is 22.1 Å². The van der Waals surface area contributed by atoms with Gasteiger partial charge in [0.15, 0.2) is 0 Å². The smallest absolute Gasteiger partial charge is 0.336 e. The molecule has 2 aliphatic carbocycles. The summed E-state index contributed by atoms with van der Waals surface area (Å²) in [5.41, 5.74) is 5.23. The molecule has 0 radical (unpaired) electrons. The Balaban J connectivity index is 0.000000240. The maximum atomic E-state index is 12.1. The summed E-state index contributed by atoms with van der Waals surface area (Å²) in [7, 11) is 15.3. The molecular formula is C50H46Cl2N4O10. The van der Waals surface area contributed by atoms with Crippen molar-refractivity contribution in [1.82, 2.24) is 9.15 Å². The molecule has 0 saturated carbocycles. The van der Waals surface area contributed by atoms with Crippen LogP contribution >= 0.6 is 24.8 Å². The van der Waals surface area contributed by atoms with Crippen molar-refractivity contribution >= 4 is 82.0 Å². The Morgan fingerprint density at radius 2 is 0.970 bits per heavy atom. The Bertz CT molecular complexity index is 3280. The Morgan fingerprint density at radius 3 is 1.41 bits per heavy atom. The van der Waals surface area contributed by atoms with E-state index in [9.17, 15) is 39.6 Å². The van der Waals surface area contributed by atoms with Crippen LogP contribution in [0, 0.1) is 0 Å². The quantitative estimate of drug-likeness (QED) is 0.142. The summed E-state index contributed by atoms with van der Waals surface area (Å²) in [6, 6.07) is 30.5. The van der Waals surface area contributed by atoms with E-state index in [1.807, 2.05) is 148 Å². The second-order valence-corrected chi connectivity index (χ2v) is 15.9. The first-order valence-corrected chi connectivity index (χ1v) is 19.9. The highest BCUT2D eigenvalue weighted by molar-refractivity contribution is 6.13. The fourth-order valence-corrected chi connectivity index (χ4v) is 7.64. The topological polar surface area (TPSA) is 194 Å². The van der Waals surface area contributed by atoms with Crippen LogP contribution in [0.1, 0.15) is 41.4 Å². The van der Waals surface area contributed by atoms with Crippen LogP contribution in [-0.4, -0.2) is 90.5 Å². The average Bonchev–Trinajstić information content (AvgIpc) is 3.26. The summed E-state index contributed by atoms with van der Waals surface area (Å²) < 4.78 is 16.3. The normalized spacial score (nSPS) is 10.7. The number of benzene rings is 6. The number of fused-ring (bicyclic) bond motifs is 4. The summed E-state index contributed by atoms with van der Waals surface area (Å²) in [6.45, 7) is 0. The zero-order chi connectivity index (χ0) is 46.3. The SMILES string of the molecule is CN(C)c1ccc2c(-c3c(C(=O)[O-])cccc3C(=O)O)c3ccc(=[N+](C)C)cc-3oc2c1.CN(C)c1ccc2c(-c3cc(C(=O)[O-])ccc3C(=O)O)c3ccc(=[N+](C)C)cc-3oc2c1.Cl.Cl. The second kappa shape index (κ2) is 19.6. The largest absolute Gasteiger partial charge is 0.545 e. The number of carboxylic acids is 4. The lowest BCUT2D eigenvalue weighted by atomic mass is 9.87. The summed E-state index contributed by atoms with van der Waals surface area (Å²) in [6.07, 6.45) is 0. The maximum absolute atomic E-state index is 12.1. The van der Waals surface area contributed by atoms with Crippen LogP contribution in [0.4, 0.5) is 11.4 Å². The molecule has 2 aliphatic heterocycles. The minimum absolute atomic E-state index is 0. The van der Waals surface area contributed by atoms with Crippen molar-refractivity contribution in [1.29, 1.82) is 0 Å². The van der Waals surface area contributed by atoms with Gasteiger partial charge in [0.1, 0.15) is 50.9 Å². The van der Waals surface area contributed by atoms with E-state index in [2.05, 4.69) is 0 Å². The lowest BCUT2D eigenvalue weighted by molar-refractivity contribution is -0.256. The van der Waals surface area contributed by atoms with Crippen LogP contribution in [0.3, 0.4) is 0 Å². The van der Waals surface area contributed by atoms with E-state index >= 15 is 0 Å². The fraction of sp³-hybridized carbons (Fsp3) is 0.160. The van der Waals surface area contributed by atoms with Gasteiger partial charge in [0.25, 0.3) is 0 Å². The Labute approximate surface area is 391 Å². The first-order chi connectivity index (χ1) is 30.4. The first kappa shape index (κ1) is 49.3. The highest BCUT2D eigenvalue weighted by Crippen LogP contribution is 2.44. The molecule has 0 spiro atoms. The highest BCUT2D eigenvalue weighted by atomic mass is 35.5. The predicted octanol–water partition coefficient (Wildman–Crippen LogP) is 5.57. The van der Waals surface area contributed by atoms with Gasteiger partial charge in [-0.25, -0.2) is 18.7 Å². The van der Waals surface area contributed by atoms with E-state index in [1.54, 1.807) is 0 Å². The number of rotatable bonds is 8. The van der Waals surface area contributed by atoms with E-state index in [4.69, 9.17) is 8.83 Å². The molecule has 0 amide bonds. The van der Waals surface area contributed by atoms with Crippen LogP contribution in [0.25, 0.3) is 66.8 Å². The number of hydrogen-bond acceptors (Lipinski definition) is 10. The summed E-state index contributed by atoms with van der Waals surface area (Å²) in [5, 5.41) is 46.3. The molecule has 8 rings (SSSR count). The molecular weight excluding hydrogens is 887 g/mol. The number of anilines is 2. The molecule has 14 nitrogen and oxygen atoms in total. The molecule has 340 valence electrons. The number of carboxylic acid groups (broad SMARTS) is 4. The van der Waals surface area contributed by atoms with Crippen molar-refractivity contribution in [3.63, 3.8) is 0 Å². The summed E-state index contributed by atoms with van der Waals surface area (Å²) in [4.78, 5) is 51.5. The van der Waals surface area contributed by atoms with Crippen molar-refractivity contribution in [3.8, 4) is 44.9 Å². The van der Waals surface area contributed by atoms with Gasteiger partial charge in [0, 0.05) is 108 Å². The van der Waals surface area contributed by atoms with Gasteiger partial charge >= 0.3 is 11.9 Å². The monoisotopic (exact) mass is 932 g/mol. The number of halogens is 2. The molecule has 0 unspecified atom stereocenters. The molecule has 66 heavy (non-hydrogen) atoms. The number of hydrogen-bond donors (Lipinski definition) is 2. The van der Waals surface area contributed by atoms with Crippen molar-refractivity contribution in [2.75, 3.05) is 66.2 Å². The van der Waals surface area contributed by atoms with Crippen LogP contribution in [0.15, 0.2) is 118 Å². The fourth-order valence-electron chi connectivity index (χ4n) is 7.64. The zero-order valence-electron chi connectivity index (χ0n) is 37.2. The van der Waals surface area contributed by atoms with E-state index < -0.39 is 23.9 Å². The van der Waals surface area contributed by atoms with E-state index in [1.165, 1.54) is 36.4 Å². The molecule has 4 aromatic carbocycles. The van der Waals surface area contributed by atoms with Gasteiger partial charge in [0.05, 0.1) is 35.2 Å². The van der Waals surface area contributed by atoms with Gasteiger partial charge in [-0.15, -0.1) is 24.8 Å². The number of nitrogens with zero attached hydrogens (tertiary/aromatic N) is 4. The standard InChI is InChI=1S/2C25H22N2O5.2ClH/c1-26(2)15-6-9-18-21(12-15)32-22-13-16(27(3)4)7-10-19(22)23(18)20-11-14(24(28)29)5-8-17(20)25(30)31;1-26(2)14-8-10-16-20(12-14)32-21-13-15(27(3)4)9-11-17(21)22(16)23-18(24(28)29)6-5-7-19(23)25(30)31;;/h2*5-13H,1-4H3,(H-,28,29,30,31);2*1H. The molecule has 0 bridgehead atoms. The lowest BCUT2D eigenvalue weighted by Gasteiger charge is -2.21. The molecule has 2 heterocycles. The van der Waals surface area contributed by atoms with Gasteiger partial charge in [-0.05, 0) is 65.7 Å². The molecule has 4 aromatic rings. The van der Waals surface area contributed by atoms with Gasteiger partial charge in [-0.1, -0.05) is 18.2 Å². The van der Waals surface area contributed by atoms with Crippen LogP contribution in [0.5, 0.6) is 0 Å². The third-order valence-corrected chi connectivity index (χ3v) is 11.0. The zero-order valence-corrected chi connectivity index (χ0v) is 38.8. The second-order valence-electron chi connectivity index (χ2n) is 15.9. The Hall–Kier alpha value is -7.68. The Morgan fingerprint density at radius 1 is 0.500 bits per heavy atom. The average molecular weight is 934 g/mol. The lowest BCUT2D eigenvalue weighted by Crippen LogP contribution is -2.24. The maximum Gasteiger partial charge on any atom is 0.336 e. The third kappa shape index (κ3) is 9.41. The number of carbonyl (C=O) groups excluding carboxylic acids is 2. The van der Waals surface area contributed by atoms with Crippen molar-refractivity contribution in [3.05, 3.63) is 142 Å². The van der Waals surface area contributed by atoms with Gasteiger partial charge in [-0.2, -0.15) is 0 Å². The van der Waals surface area contributed by atoms with Crippen molar-refractivity contribution in [2.45, 2.75) is 0 Å². The molecule has 2 N–H and O–H groups in total. The van der Waals surface area contributed by atoms with Gasteiger partial charge in [-0.3, -0.25) is 0 Å². The third-order valence-electron chi connectivity index (χ3n) is 11.0. The minimum atomic E-state index is -1.44. The van der Waals surface area contributed by atoms with E-state index in [0.29, 0.717) is 61.3 Å². The number of aromatic carboxylic acids is 4. The molecule has 0 saturated heterocycles. The van der Waals surface area contributed by atoms with Crippen molar-refractivity contribution < 1.29 is 48.4 Å². The first-order valence-electron chi connectivity index (χ1n) is 19.9. The van der Waals surface area contributed by atoms with Crippen molar-refractivity contribution in [2.24, 2.45) is 0 Å². The van der Waals surface area contributed by atoms with Crippen LogP contribution in [0.2, 0.25) is 0 Å². The highest BCUT2D eigenvalue weighted by Gasteiger charge is 2.26. The Kier molecular flexibility index (Phi) is 14.6. The van der Waals surface area contributed by atoms with E-state index in [-0.39, 0.29) is 52.6 Å². The molecule has 16 heteroatoms. The van der Waals surface area contributed by atoms with Gasteiger partial charge in [0.2, 0.25) is 10.7 Å². The van der Waals surface area contributed by atoms with Crippen LogP contribution in [-0.2, 0) is 0 Å². The molecule has 0 fully saturated rings.